The van der Waals surface area contributed by atoms with Crippen LogP contribution in [-0.2, 0) is 4.74 Å². The predicted molar refractivity (Wildman–Crippen MR) is 82.9 cm³/mol. The van der Waals surface area contributed by atoms with Crippen molar-refractivity contribution in [3.63, 3.8) is 0 Å². The summed E-state index contributed by atoms with van der Waals surface area (Å²) in [5.41, 5.74) is -0.411. The average molecular weight is 284 g/mol. The van der Waals surface area contributed by atoms with Crippen molar-refractivity contribution in [3.05, 3.63) is 0 Å². The average Bonchev–Trinajstić information content (AvgIpc) is 2.77. The Balaban J connectivity index is 2.41. The molecular formula is C16H32N2O2. The molecule has 1 rings (SSSR count). The Morgan fingerprint density at radius 2 is 1.95 bits per heavy atom. The summed E-state index contributed by atoms with van der Waals surface area (Å²) in [4.78, 5) is 13.8. The summed E-state index contributed by atoms with van der Waals surface area (Å²) < 4.78 is 5.42. The highest BCUT2D eigenvalue weighted by Gasteiger charge is 2.30. The van der Waals surface area contributed by atoms with E-state index in [1.54, 1.807) is 0 Å². The number of hydrogen-bond donors (Lipinski definition) is 1. The number of amides is 1. The lowest BCUT2D eigenvalue weighted by atomic mass is 9.95. The molecule has 1 fully saturated rings. The van der Waals surface area contributed by atoms with Gasteiger partial charge >= 0.3 is 6.09 Å². The Morgan fingerprint density at radius 3 is 2.45 bits per heavy atom. The summed E-state index contributed by atoms with van der Waals surface area (Å²) in [6.07, 6.45) is 3.24. The molecule has 1 N–H and O–H groups in total. The van der Waals surface area contributed by atoms with Crippen LogP contribution in [0.4, 0.5) is 4.79 Å². The number of likely N-dealkylation sites (tertiary alicyclic amines) is 1. The molecule has 0 aromatic heterocycles. The molecule has 0 aromatic carbocycles. The summed E-state index contributed by atoms with van der Waals surface area (Å²) in [7, 11) is 0. The Labute approximate surface area is 124 Å². The first-order chi connectivity index (χ1) is 9.26. The molecule has 0 saturated carbocycles. The fourth-order valence-electron chi connectivity index (χ4n) is 2.89. The first-order valence-corrected chi connectivity index (χ1v) is 8.00. The predicted octanol–water partition coefficient (Wildman–Crippen LogP) is 3.41. The van der Waals surface area contributed by atoms with Gasteiger partial charge in [-0.2, -0.15) is 0 Å². The van der Waals surface area contributed by atoms with Crippen molar-refractivity contribution in [3.8, 4) is 0 Å². The molecule has 0 aliphatic carbocycles. The number of carbonyl (C=O) groups excluding carboxylic acids is 1. The van der Waals surface area contributed by atoms with Crippen LogP contribution >= 0.6 is 0 Å². The fourth-order valence-corrected chi connectivity index (χ4v) is 2.89. The van der Waals surface area contributed by atoms with Crippen LogP contribution in [0.5, 0.6) is 0 Å². The minimum Gasteiger partial charge on any atom is -0.444 e. The third-order valence-electron chi connectivity index (χ3n) is 4.09. The van der Waals surface area contributed by atoms with Gasteiger partial charge in [0.2, 0.25) is 0 Å². The summed E-state index contributed by atoms with van der Waals surface area (Å²) in [5, 5.41) is 3.68. The number of ether oxygens (including phenoxy) is 1. The zero-order valence-electron chi connectivity index (χ0n) is 14.0. The molecule has 0 aromatic rings. The normalized spacial score (nSPS) is 21.4. The zero-order valence-corrected chi connectivity index (χ0v) is 14.0. The number of nitrogens with one attached hydrogen (secondary N) is 1. The van der Waals surface area contributed by atoms with E-state index < -0.39 is 5.60 Å². The van der Waals surface area contributed by atoms with Gasteiger partial charge in [0.05, 0.1) is 0 Å². The van der Waals surface area contributed by atoms with E-state index in [4.69, 9.17) is 4.74 Å². The van der Waals surface area contributed by atoms with E-state index in [2.05, 4.69) is 26.1 Å². The number of hydrogen-bond acceptors (Lipinski definition) is 3. The quantitative estimate of drug-likeness (QED) is 0.841. The van der Waals surface area contributed by atoms with E-state index >= 15 is 0 Å². The van der Waals surface area contributed by atoms with Crippen molar-refractivity contribution < 1.29 is 9.53 Å². The third-order valence-corrected chi connectivity index (χ3v) is 4.09. The van der Waals surface area contributed by atoms with Crippen molar-refractivity contribution in [2.75, 3.05) is 13.1 Å². The lowest BCUT2D eigenvalue weighted by Crippen LogP contribution is -2.43. The molecular weight excluding hydrogens is 252 g/mol. The van der Waals surface area contributed by atoms with Gasteiger partial charge in [-0.05, 0) is 40.0 Å². The van der Waals surface area contributed by atoms with Gasteiger partial charge in [-0.25, -0.2) is 4.79 Å². The molecule has 0 radical (unpaired) electrons. The van der Waals surface area contributed by atoms with Crippen molar-refractivity contribution in [2.24, 2.45) is 5.92 Å². The standard InChI is InChI=1S/C16H32N2O2/c1-7-13(8-2)12(3)17-14-9-10-18(11-14)15(19)20-16(4,5)6/h12-14,17H,7-11H2,1-6H3. The molecule has 4 nitrogen and oxygen atoms in total. The number of carbonyl (C=O) groups is 1. The molecule has 20 heavy (non-hydrogen) atoms. The monoisotopic (exact) mass is 284 g/mol. The maximum atomic E-state index is 12.0. The molecule has 1 heterocycles. The zero-order chi connectivity index (χ0) is 15.3. The van der Waals surface area contributed by atoms with E-state index in [-0.39, 0.29) is 6.09 Å². The molecule has 118 valence electrons. The second-order valence-electron chi connectivity index (χ2n) is 6.94. The van der Waals surface area contributed by atoms with Gasteiger partial charge in [0.25, 0.3) is 0 Å². The van der Waals surface area contributed by atoms with Crippen molar-refractivity contribution in [1.82, 2.24) is 10.2 Å². The summed E-state index contributed by atoms with van der Waals surface area (Å²) >= 11 is 0. The van der Waals surface area contributed by atoms with E-state index in [0.717, 1.165) is 19.5 Å². The molecule has 2 unspecified atom stereocenters. The van der Waals surface area contributed by atoms with Crippen LogP contribution in [-0.4, -0.2) is 41.8 Å². The topological polar surface area (TPSA) is 41.6 Å². The van der Waals surface area contributed by atoms with E-state index in [0.29, 0.717) is 18.0 Å². The Morgan fingerprint density at radius 1 is 1.35 bits per heavy atom. The minimum absolute atomic E-state index is 0.183. The van der Waals surface area contributed by atoms with Crippen LogP contribution in [0.15, 0.2) is 0 Å². The van der Waals surface area contributed by atoms with Gasteiger partial charge in [-0.15, -0.1) is 0 Å². The van der Waals surface area contributed by atoms with Gasteiger partial charge in [-0.1, -0.05) is 26.7 Å². The highest BCUT2D eigenvalue weighted by Crippen LogP contribution is 2.18. The molecule has 1 saturated heterocycles. The van der Waals surface area contributed by atoms with Gasteiger partial charge in [0.15, 0.2) is 0 Å². The molecule has 4 heteroatoms. The van der Waals surface area contributed by atoms with Gasteiger partial charge < -0.3 is 15.0 Å². The Kier molecular flexibility index (Phi) is 6.31. The molecule has 0 spiro atoms. The van der Waals surface area contributed by atoms with Crippen molar-refractivity contribution >= 4 is 6.09 Å². The smallest absolute Gasteiger partial charge is 0.410 e. The SMILES string of the molecule is CCC(CC)C(C)NC1CCN(C(=O)OC(C)(C)C)C1. The first-order valence-electron chi connectivity index (χ1n) is 8.00. The summed E-state index contributed by atoms with van der Waals surface area (Å²) in [5.74, 6) is 0.713. The fraction of sp³-hybridized carbons (Fsp3) is 0.938. The maximum Gasteiger partial charge on any atom is 0.410 e. The van der Waals surface area contributed by atoms with Gasteiger partial charge in [-0.3, -0.25) is 0 Å². The molecule has 2 atom stereocenters. The van der Waals surface area contributed by atoms with E-state index in [1.807, 2.05) is 25.7 Å². The van der Waals surface area contributed by atoms with Crippen LogP contribution in [0.1, 0.15) is 60.8 Å². The highest BCUT2D eigenvalue weighted by molar-refractivity contribution is 5.68. The number of rotatable bonds is 5. The molecule has 0 bridgehead atoms. The third kappa shape index (κ3) is 5.31. The second kappa shape index (κ2) is 7.30. The number of nitrogens with zero attached hydrogens (tertiary/aromatic N) is 1. The Bertz CT molecular complexity index is 308. The van der Waals surface area contributed by atoms with Gasteiger partial charge in [0, 0.05) is 25.2 Å². The summed E-state index contributed by atoms with van der Waals surface area (Å²) in [6, 6.07) is 0.909. The lowest BCUT2D eigenvalue weighted by molar-refractivity contribution is 0.0290. The van der Waals surface area contributed by atoms with Crippen LogP contribution in [0.3, 0.4) is 0 Å². The van der Waals surface area contributed by atoms with Crippen LogP contribution < -0.4 is 5.32 Å². The first kappa shape index (κ1) is 17.3. The molecule has 1 aliphatic rings. The van der Waals surface area contributed by atoms with Crippen LogP contribution in [0, 0.1) is 5.92 Å². The largest absolute Gasteiger partial charge is 0.444 e. The van der Waals surface area contributed by atoms with Crippen molar-refractivity contribution in [1.29, 1.82) is 0 Å². The van der Waals surface area contributed by atoms with Crippen LogP contribution in [0.25, 0.3) is 0 Å². The van der Waals surface area contributed by atoms with Crippen molar-refractivity contribution in [2.45, 2.75) is 78.5 Å². The summed E-state index contributed by atoms with van der Waals surface area (Å²) in [6.45, 7) is 14.0. The maximum absolute atomic E-state index is 12.0. The minimum atomic E-state index is -0.411. The molecule has 1 amide bonds. The van der Waals surface area contributed by atoms with Crippen LogP contribution in [0.2, 0.25) is 0 Å². The Hall–Kier alpha value is -0.770. The highest BCUT2D eigenvalue weighted by atomic mass is 16.6. The second-order valence-corrected chi connectivity index (χ2v) is 6.94. The van der Waals surface area contributed by atoms with E-state index in [9.17, 15) is 4.79 Å². The van der Waals surface area contributed by atoms with Gasteiger partial charge in [0.1, 0.15) is 5.60 Å². The lowest BCUT2D eigenvalue weighted by Gasteiger charge is -2.27. The molecule has 1 aliphatic heterocycles. The van der Waals surface area contributed by atoms with E-state index in [1.165, 1.54) is 12.8 Å².